The van der Waals surface area contributed by atoms with Gasteiger partial charge in [-0.3, -0.25) is 9.69 Å². The van der Waals surface area contributed by atoms with Crippen LogP contribution in [0.3, 0.4) is 0 Å². The fourth-order valence-electron chi connectivity index (χ4n) is 2.30. The second-order valence-corrected chi connectivity index (χ2v) is 6.36. The van der Waals surface area contributed by atoms with Gasteiger partial charge >= 0.3 is 5.97 Å². The number of rotatable bonds is 7. The molecule has 1 aromatic rings. The minimum atomic E-state index is -0.838. The summed E-state index contributed by atoms with van der Waals surface area (Å²) in [6.45, 7) is 4.70. The lowest BCUT2D eigenvalue weighted by Crippen LogP contribution is -2.38. The van der Waals surface area contributed by atoms with Crippen molar-refractivity contribution in [1.29, 1.82) is 0 Å². The fourth-order valence-corrected chi connectivity index (χ4v) is 3.29. The Labute approximate surface area is 143 Å². The van der Waals surface area contributed by atoms with Crippen molar-refractivity contribution in [2.24, 2.45) is 0 Å². The van der Waals surface area contributed by atoms with Crippen LogP contribution in [0.4, 0.5) is 0 Å². The first-order valence-electron chi connectivity index (χ1n) is 7.19. The molecule has 1 fully saturated rings. The van der Waals surface area contributed by atoms with Crippen LogP contribution in [0.25, 0.3) is 0 Å². The Morgan fingerprint density at radius 2 is 2.14 bits per heavy atom. The Balaban J connectivity index is 1.96. The summed E-state index contributed by atoms with van der Waals surface area (Å²) in [4.78, 5) is 13.1. The predicted octanol–water partition coefficient (Wildman–Crippen LogP) is 2.83. The number of carboxylic acids is 1. The summed E-state index contributed by atoms with van der Waals surface area (Å²) < 4.78 is 11.9. The first-order chi connectivity index (χ1) is 10.6. The zero-order chi connectivity index (χ0) is 15.9. The van der Waals surface area contributed by atoms with Crippen molar-refractivity contribution in [3.05, 3.63) is 27.2 Å². The molecule has 5 nitrogen and oxygen atoms in total. The predicted molar refractivity (Wildman–Crippen MR) is 87.9 cm³/mol. The van der Waals surface area contributed by atoms with Gasteiger partial charge in [0.25, 0.3) is 0 Å². The molecule has 2 rings (SSSR count). The molecule has 0 unspecified atom stereocenters. The Morgan fingerprint density at radius 1 is 1.41 bits per heavy atom. The molecule has 0 radical (unpaired) electrons. The third-order valence-corrected chi connectivity index (χ3v) is 4.26. The van der Waals surface area contributed by atoms with Crippen molar-refractivity contribution in [3.8, 4) is 5.75 Å². The quantitative estimate of drug-likeness (QED) is 0.773. The highest BCUT2D eigenvalue weighted by Crippen LogP contribution is 2.33. The number of morpholine rings is 1. The maximum atomic E-state index is 10.8. The maximum Gasteiger partial charge on any atom is 0.303 e. The lowest BCUT2D eigenvalue weighted by Gasteiger charge is -2.26. The van der Waals surface area contributed by atoms with Gasteiger partial charge in [0.15, 0.2) is 0 Å². The Kier molecular flexibility index (Phi) is 6.95. The van der Waals surface area contributed by atoms with Crippen molar-refractivity contribution >= 4 is 33.5 Å². The molecule has 1 N–H and O–H groups in total. The van der Waals surface area contributed by atoms with Gasteiger partial charge in [0.05, 0.1) is 17.7 Å². The molecule has 0 saturated carbocycles. The molecule has 1 aliphatic heterocycles. The van der Waals surface area contributed by atoms with Crippen molar-refractivity contribution in [2.75, 3.05) is 39.5 Å². The van der Waals surface area contributed by atoms with E-state index in [2.05, 4.69) is 20.8 Å². The molecule has 0 aliphatic carbocycles. The van der Waals surface area contributed by atoms with Crippen molar-refractivity contribution < 1.29 is 19.4 Å². The van der Waals surface area contributed by atoms with Crippen LogP contribution in [-0.4, -0.2) is 55.4 Å². The second kappa shape index (κ2) is 8.72. The standard InChI is InChI=1S/C15H19BrClNO4/c16-13-10-12(17)9-11(1-2-14(19)20)15(13)22-8-5-18-3-6-21-7-4-18/h9-10H,1-8H2,(H,19,20). The van der Waals surface area contributed by atoms with Crippen LogP contribution in [0.15, 0.2) is 16.6 Å². The third kappa shape index (κ3) is 5.43. The summed E-state index contributed by atoms with van der Waals surface area (Å²) in [6, 6.07) is 3.52. The summed E-state index contributed by atoms with van der Waals surface area (Å²) >= 11 is 9.48. The summed E-state index contributed by atoms with van der Waals surface area (Å²) in [5.41, 5.74) is 0.809. The van der Waals surface area contributed by atoms with Gasteiger partial charge in [0.1, 0.15) is 12.4 Å². The fraction of sp³-hybridized carbons (Fsp3) is 0.533. The van der Waals surface area contributed by atoms with Gasteiger partial charge in [0.2, 0.25) is 0 Å². The number of aliphatic carboxylic acids is 1. The molecular weight excluding hydrogens is 374 g/mol. The van der Waals surface area contributed by atoms with Gasteiger partial charge in [-0.05, 0) is 40.0 Å². The third-order valence-electron chi connectivity index (χ3n) is 3.45. The molecule has 0 aromatic heterocycles. The van der Waals surface area contributed by atoms with E-state index in [4.69, 9.17) is 26.2 Å². The summed E-state index contributed by atoms with van der Waals surface area (Å²) in [7, 11) is 0. The first-order valence-corrected chi connectivity index (χ1v) is 8.36. The lowest BCUT2D eigenvalue weighted by molar-refractivity contribution is -0.136. The SMILES string of the molecule is O=C(O)CCc1cc(Cl)cc(Br)c1OCCN1CCOCC1. The number of hydrogen-bond acceptors (Lipinski definition) is 4. The number of hydrogen-bond donors (Lipinski definition) is 1. The minimum absolute atomic E-state index is 0.0482. The molecule has 1 saturated heterocycles. The average Bonchev–Trinajstić information content (AvgIpc) is 2.48. The number of carboxylic acid groups (broad SMARTS) is 1. The number of aryl methyl sites for hydroxylation is 1. The van der Waals surface area contributed by atoms with Gasteiger partial charge in [-0.15, -0.1) is 0 Å². The zero-order valence-corrected chi connectivity index (χ0v) is 14.5. The summed E-state index contributed by atoms with van der Waals surface area (Å²) in [6.07, 6.45) is 0.438. The van der Waals surface area contributed by atoms with Crippen LogP contribution in [-0.2, 0) is 16.0 Å². The molecule has 122 valence electrons. The van der Waals surface area contributed by atoms with Crippen LogP contribution >= 0.6 is 27.5 Å². The van der Waals surface area contributed by atoms with Crippen LogP contribution < -0.4 is 4.74 Å². The van der Waals surface area contributed by atoms with E-state index in [0.29, 0.717) is 23.8 Å². The molecule has 0 spiro atoms. The van der Waals surface area contributed by atoms with E-state index in [-0.39, 0.29) is 6.42 Å². The van der Waals surface area contributed by atoms with Gasteiger partial charge < -0.3 is 14.6 Å². The topological polar surface area (TPSA) is 59.0 Å². The highest BCUT2D eigenvalue weighted by Gasteiger charge is 2.14. The zero-order valence-electron chi connectivity index (χ0n) is 12.2. The van der Waals surface area contributed by atoms with Crippen LogP contribution in [0.2, 0.25) is 5.02 Å². The Bertz CT molecular complexity index is 521. The monoisotopic (exact) mass is 391 g/mol. The van der Waals surface area contributed by atoms with Crippen LogP contribution in [0, 0.1) is 0 Å². The Hall–Kier alpha value is -0.820. The van der Waals surface area contributed by atoms with E-state index >= 15 is 0 Å². The molecule has 1 aliphatic rings. The van der Waals surface area contributed by atoms with E-state index in [9.17, 15) is 4.79 Å². The second-order valence-electron chi connectivity index (χ2n) is 5.07. The molecular formula is C15H19BrClNO4. The number of ether oxygens (including phenoxy) is 2. The number of benzene rings is 1. The van der Waals surface area contributed by atoms with Gasteiger partial charge in [-0.1, -0.05) is 11.6 Å². The summed E-state index contributed by atoms with van der Waals surface area (Å²) in [5, 5.41) is 9.41. The lowest BCUT2D eigenvalue weighted by atomic mass is 10.1. The average molecular weight is 393 g/mol. The van der Waals surface area contributed by atoms with E-state index < -0.39 is 5.97 Å². The highest BCUT2D eigenvalue weighted by molar-refractivity contribution is 9.10. The van der Waals surface area contributed by atoms with Crippen molar-refractivity contribution in [2.45, 2.75) is 12.8 Å². The van der Waals surface area contributed by atoms with Gasteiger partial charge in [0, 0.05) is 31.1 Å². The van der Waals surface area contributed by atoms with Crippen molar-refractivity contribution in [3.63, 3.8) is 0 Å². The molecule has 1 heterocycles. The molecule has 0 atom stereocenters. The highest BCUT2D eigenvalue weighted by atomic mass is 79.9. The number of halogens is 2. The van der Waals surface area contributed by atoms with E-state index in [1.807, 2.05) is 0 Å². The van der Waals surface area contributed by atoms with E-state index in [1.165, 1.54) is 0 Å². The molecule has 1 aromatic carbocycles. The van der Waals surface area contributed by atoms with Gasteiger partial charge in [-0.2, -0.15) is 0 Å². The molecule has 22 heavy (non-hydrogen) atoms. The Morgan fingerprint density at radius 3 is 2.82 bits per heavy atom. The van der Waals surface area contributed by atoms with Gasteiger partial charge in [-0.25, -0.2) is 0 Å². The van der Waals surface area contributed by atoms with Crippen molar-refractivity contribution in [1.82, 2.24) is 4.90 Å². The molecule has 7 heteroatoms. The summed E-state index contributed by atoms with van der Waals surface area (Å²) in [5.74, 6) is -0.158. The molecule has 0 bridgehead atoms. The minimum Gasteiger partial charge on any atom is -0.491 e. The van der Waals surface area contributed by atoms with Crippen LogP contribution in [0.1, 0.15) is 12.0 Å². The van der Waals surface area contributed by atoms with E-state index in [1.54, 1.807) is 12.1 Å². The normalized spacial score (nSPS) is 15.7. The number of carbonyl (C=O) groups is 1. The maximum absolute atomic E-state index is 10.8. The smallest absolute Gasteiger partial charge is 0.303 e. The molecule has 0 amide bonds. The van der Waals surface area contributed by atoms with E-state index in [0.717, 1.165) is 42.9 Å². The van der Waals surface area contributed by atoms with Crippen LogP contribution in [0.5, 0.6) is 5.75 Å². The first kappa shape index (κ1) is 17.5. The largest absolute Gasteiger partial charge is 0.491 e. The number of nitrogens with zero attached hydrogens (tertiary/aromatic N) is 1.